The summed E-state index contributed by atoms with van der Waals surface area (Å²) in [5.41, 5.74) is 7.73. The molecule has 0 bridgehead atoms. The number of nitrogens with zero attached hydrogens (tertiary/aromatic N) is 11. The van der Waals surface area contributed by atoms with Crippen molar-refractivity contribution in [3.63, 3.8) is 0 Å². The summed E-state index contributed by atoms with van der Waals surface area (Å²) in [6, 6.07) is 6.54. The number of rotatable bonds is 25. The van der Waals surface area contributed by atoms with E-state index in [1.807, 2.05) is 0 Å². The van der Waals surface area contributed by atoms with Crippen LogP contribution in [0.3, 0.4) is 0 Å². The van der Waals surface area contributed by atoms with Gasteiger partial charge in [0.2, 0.25) is 5.91 Å². The molecule has 0 spiro atoms. The Morgan fingerprint density at radius 2 is 0.892 bits per heavy atom. The van der Waals surface area contributed by atoms with Crippen LogP contribution < -0.4 is 21.7 Å². The molecule has 3 aromatic heterocycles. The minimum absolute atomic E-state index is 0.0280. The van der Waals surface area contributed by atoms with Gasteiger partial charge in [-0.25, -0.2) is 68.8 Å². The predicted octanol–water partition coefficient (Wildman–Crippen LogP) is 10.8. The molecule has 6 aliphatic rings. The van der Waals surface area contributed by atoms with E-state index in [0.717, 1.165) is 0 Å². The number of carbonyl (C=O) groups is 6. The maximum atomic E-state index is 14.5. The van der Waals surface area contributed by atoms with Gasteiger partial charge in [0.1, 0.15) is 35.6 Å². The van der Waals surface area contributed by atoms with Crippen LogP contribution in [0.4, 0.5) is 39.5 Å². The van der Waals surface area contributed by atoms with Crippen LogP contribution in [0.25, 0.3) is 0 Å². The minimum atomic E-state index is -3.08. The summed E-state index contributed by atoms with van der Waals surface area (Å²) in [5.74, 6) is -14.0. The number of aliphatic imine (C=N–C) groups is 3. The van der Waals surface area contributed by atoms with Crippen molar-refractivity contribution in [1.82, 2.24) is 54.7 Å². The van der Waals surface area contributed by atoms with Gasteiger partial charge in [0.05, 0.1) is 62.6 Å². The molecular weight excluding hydrogens is 1690 g/mol. The molecule has 111 heavy (non-hydrogen) atoms. The number of nitrogens with two attached hydrogens (primary N) is 1. The van der Waals surface area contributed by atoms with Gasteiger partial charge in [-0.2, -0.15) is 0 Å². The van der Waals surface area contributed by atoms with Gasteiger partial charge in [0, 0.05) is 151 Å². The zero-order chi connectivity index (χ0) is 80.6. The maximum absolute atomic E-state index is 14.5. The number of primary amides is 1. The summed E-state index contributed by atoms with van der Waals surface area (Å²) in [6.07, 6.45) is 5.50. The van der Waals surface area contributed by atoms with Gasteiger partial charge in [-0.3, -0.25) is 44.1 Å². The fourth-order valence-electron chi connectivity index (χ4n) is 13.7. The highest BCUT2D eigenvalue weighted by Crippen LogP contribution is 2.44. The number of carboxylic acids is 2. The fraction of sp³-hybridized carbons (Fsp3) is 0.417. The van der Waals surface area contributed by atoms with Crippen molar-refractivity contribution in [2.45, 2.75) is 120 Å². The van der Waals surface area contributed by atoms with Crippen LogP contribution in [0.15, 0.2) is 153 Å². The van der Waals surface area contributed by atoms with E-state index in [1.54, 1.807) is 80.4 Å². The Kier molecular flexibility index (Phi) is 27.4. The van der Waals surface area contributed by atoms with E-state index in [4.69, 9.17) is 35.0 Å². The summed E-state index contributed by atoms with van der Waals surface area (Å²) >= 11 is 11.3. The lowest BCUT2D eigenvalue weighted by Crippen LogP contribution is -2.43. The lowest BCUT2D eigenvalue weighted by Gasteiger charge is -2.31. The van der Waals surface area contributed by atoms with E-state index in [-0.39, 0.29) is 104 Å². The highest BCUT2D eigenvalue weighted by molar-refractivity contribution is 9.11. The van der Waals surface area contributed by atoms with Crippen LogP contribution in [0.1, 0.15) is 117 Å². The van der Waals surface area contributed by atoms with Crippen molar-refractivity contribution >= 4 is 112 Å². The largest absolute Gasteiger partial charge is 0.481 e. The summed E-state index contributed by atoms with van der Waals surface area (Å²) in [5, 5.41) is 29.9. The Morgan fingerprint density at radius 3 is 1.22 bits per heavy atom. The van der Waals surface area contributed by atoms with E-state index >= 15 is 0 Å². The molecular formula is C72H75Br3F9N15O11S. The number of hydrogen-bond donors (Lipinski definition) is 6. The number of imidazole rings is 2. The van der Waals surface area contributed by atoms with Crippen LogP contribution in [0.5, 0.6) is 0 Å². The monoisotopic (exact) mass is 1770 g/mol. The van der Waals surface area contributed by atoms with Crippen LogP contribution in [0.2, 0.25) is 0 Å². The number of amidine groups is 3. The molecule has 7 N–H and O–H groups in total. The number of aryl methyl sites for hydroxylation is 2. The van der Waals surface area contributed by atoms with E-state index in [9.17, 15) is 73.4 Å². The molecule has 3 fully saturated rings. The van der Waals surface area contributed by atoms with E-state index in [1.165, 1.54) is 80.6 Å². The van der Waals surface area contributed by atoms with E-state index in [2.05, 4.69) is 83.7 Å². The third-order valence-electron chi connectivity index (χ3n) is 18.4. The molecule has 6 aliphatic heterocycles. The molecule has 3 saturated heterocycles. The van der Waals surface area contributed by atoms with Crippen molar-refractivity contribution in [2.75, 3.05) is 59.1 Å². The SMILES string of the molecule is CCOC(=O)C1=C(CN2CC(F)(F)CC2CC(=O)O)NC(c2nccs2)=NC1c1ccc(F)cc1Br.CCOC(=O)C1=C(CN2CC(F)(F)CC2CC(N)=O)NC(c2nccn2C)=NC1c1ccc(F)cc1Br.CCOC(=O)C1=C(CN2CC(F)(F)CC2CCC(=O)O)NC(c2nccn2C)=NC1c1ccc(F)cc1Br. The smallest absolute Gasteiger partial charge is 0.338 e. The Hall–Kier alpha value is -9.15. The molecule has 0 radical (unpaired) electrons. The number of ether oxygens (including phenoxy) is 3. The average molecular weight is 1770 g/mol. The number of nitrogens with one attached hydrogen (secondary N) is 3. The number of thiazole rings is 1. The molecule has 6 aromatic rings. The fourth-order valence-corrected chi connectivity index (χ4v) is 16.0. The number of carboxylic acid groups (broad SMARTS) is 2. The normalized spacial score (nSPS) is 21.5. The number of amides is 1. The maximum Gasteiger partial charge on any atom is 0.338 e. The van der Waals surface area contributed by atoms with Gasteiger partial charge in [0.15, 0.2) is 34.2 Å². The first-order chi connectivity index (χ1) is 52.5. The zero-order valence-electron chi connectivity index (χ0n) is 59.9. The van der Waals surface area contributed by atoms with Crippen molar-refractivity contribution in [2.24, 2.45) is 34.8 Å². The third-order valence-corrected chi connectivity index (χ3v) is 21.3. The van der Waals surface area contributed by atoms with E-state index in [0.29, 0.717) is 52.6 Å². The minimum Gasteiger partial charge on any atom is -0.481 e. The average Bonchev–Trinajstić information content (AvgIpc) is 1.68. The lowest BCUT2D eigenvalue weighted by molar-refractivity contribution is -0.140. The highest BCUT2D eigenvalue weighted by Gasteiger charge is 2.50. The lowest BCUT2D eigenvalue weighted by atomic mass is 9.95. The Labute approximate surface area is 658 Å². The summed E-state index contributed by atoms with van der Waals surface area (Å²) in [7, 11) is 3.51. The molecule has 0 saturated carbocycles. The molecule has 39 heteroatoms. The molecule has 3 aromatic carbocycles. The van der Waals surface area contributed by atoms with Crippen molar-refractivity contribution in [1.29, 1.82) is 0 Å². The van der Waals surface area contributed by atoms with Crippen molar-refractivity contribution in [3.05, 3.63) is 189 Å². The first-order valence-corrected chi connectivity index (χ1v) is 37.8. The Balaban J connectivity index is 0.000000177. The van der Waals surface area contributed by atoms with Gasteiger partial charge < -0.3 is 55.2 Å². The molecule has 0 aliphatic carbocycles. The second-order valence-electron chi connectivity index (χ2n) is 26.5. The van der Waals surface area contributed by atoms with Crippen LogP contribution in [0, 0.1) is 17.5 Å². The van der Waals surface area contributed by atoms with Crippen LogP contribution >= 0.6 is 59.1 Å². The first kappa shape index (κ1) is 84.3. The molecule has 9 heterocycles. The molecule has 6 atom stereocenters. The number of aromatic nitrogens is 5. The summed E-state index contributed by atoms with van der Waals surface area (Å²) in [4.78, 5) is 105. The second kappa shape index (κ2) is 36.1. The molecule has 6 unspecified atom stereocenters. The molecule has 594 valence electrons. The summed E-state index contributed by atoms with van der Waals surface area (Å²) < 4.78 is 149. The van der Waals surface area contributed by atoms with Crippen molar-refractivity contribution < 1.29 is 92.7 Å². The Bertz CT molecular complexity index is 4710. The number of aliphatic carboxylic acids is 2. The van der Waals surface area contributed by atoms with Gasteiger partial charge in [-0.05, 0) is 80.3 Å². The number of benzene rings is 3. The van der Waals surface area contributed by atoms with Crippen LogP contribution in [-0.2, 0) is 57.1 Å². The van der Waals surface area contributed by atoms with Crippen molar-refractivity contribution in [3.8, 4) is 0 Å². The van der Waals surface area contributed by atoms with Gasteiger partial charge in [-0.1, -0.05) is 66.0 Å². The highest BCUT2D eigenvalue weighted by atomic mass is 79.9. The number of esters is 3. The topological polar surface area (TPSA) is 328 Å². The van der Waals surface area contributed by atoms with Gasteiger partial charge >= 0.3 is 29.8 Å². The predicted molar refractivity (Wildman–Crippen MR) is 397 cm³/mol. The number of halogens is 12. The van der Waals surface area contributed by atoms with Gasteiger partial charge in [-0.15, -0.1) is 11.3 Å². The number of likely N-dealkylation sites (tertiary alicyclic amines) is 3. The zero-order valence-corrected chi connectivity index (χ0v) is 65.5. The van der Waals surface area contributed by atoms with E-state index < -0.39 is 153 Å². The summed E-state index contributed by atoms with van der Waals surface area (Å²) in [6.45, 7) is 2.78. The Morgan fingerprint density at radius 1 is 0.532 bits per heavy atom. The molecule has 12 rings (SSSR count). The second-order valence-corrected chi connectivity index (χ2v) is 29.9. The first-order valence-electron chi connectivity index (χ1n) is 34.6. The molecule has 26 nitrogen and oxygen atoms in total. The molecule has 1 amide bonds. The number of hydrogen-bond acceptors (Lipinski definition) is 22. The third kappa shape index (κ3) is 21.0. The number of carbonyl (C=O) groups excluding carboxylic acids is 4. The number of alkyl halides is 6. The van der Waals surface area contributed by atoms with Gasteiger partial charge in [0.25, 0.3) is 17.8 Å². The van der Waals surface area contributed by atoms with Crippen LogP contribution in [-0.4, -0.2) is 197 Å². The standard InChI is InChI=1S/C25H27BrF3N5O4.C24H26BrF3N6O3.C23H22BrF3N4O4S/c1-3-38-24(37)20-18(12-34-13-25(28,29)11-15(34)5-7-19(35)36)31-22(23-30-8-9-33(23)2)32-21(20)16-6-4-14(27)10-17(16)26;1-3-37-23(36)19-17(11-34-12-24(27,28)10-14(34)9-18(29)35)31-21(22-30-6-7-33(22)2)32-20(19)15-5-4-13(26)8-16(15)25;1-2-35-22(34)18-16(10-31-11-23(26,27)9-13(31)8-17(32)33)29-20(21-28-5-6-36-21)30-19(18)14-4-3-12(25)7-15(14)24/h4,6,8-10,15,21H,3,5,7,11-13H2,1-2H3,(H,31,32)(H,35,36);4-8,14,20H,3,9-12H2,1-2H3,(H2,29,35)(H,31,32);3-7,13,19H,2,8-11H2,1H3,(H,29,30)(H,32,33). The quantitative estimate of drug-likeness (QED) is 0.0176.